The van der Waals surface area contributed by atoms with Crippen molar-refractivity contribution in [2.24, 2.45) is 11.8 Å². The summed E-state index contributed by atoms with van der Waals surface area (Å²) in [6, 6.07) is 3.35. The largest absolute Gasteiger partial charge is 0.465 e. The zero-order valence-corrected chi connectivity index (χ0v) is 16.7. The topological polar surface area (TPSA) is 83.3 Å². The summed E-state index contributed by atoms with van der Waals surface area (Å²) in [5.41, 5.74) is 0.265. The summed E-state index contributed by atoms with van der Waals surface area (Å²) in [6.07, 6.45) is 2.91. The lowest BCUT2D eigenvalue weighted by atomic mass is 9.81. The van der Waals surface area contributed by atoms with Gasteiger partial charge in [-0.2, -0.15) is 5.10 Å². The van der Waals surface area contributed by atoms with Crippen molar-refractivity contribution in [3.8, 4) is 0 Å². The molecule has 2 aromatic rings. The van der Waals surface area contributed by atoms with Gasteiger partial charge in [0.25, 0.3) is 0 Å². The van der Waals surface area contributed by atoms with Gasteiger partial charge in [0.15, 0.2) is 5.92 Å². The first-order valence-electron chi connectivity index (χ1n) is 9.47. The summed E-state index contributed by atoms with van der Waals surface area (Å²) in [5.74, 6) is -4.75. The van der Waals surface area contributed by atoms with E-state index >= 15 is 0 Å². The summed E-state index contributed by atoms with van der Waals surface area (Å²) in [4.78, 5) is 28.5. The van der Waals surface area contributed by atoms with Gasteiger partial charge in [-0.05, 0) is 37.8 Å². The molecule has 0 amide bonds. The fourth-order valence-electron chi connectivity index (χ4n) is 3.23. The average molecular weight is 409 g/mol. The number of carbonyl (C=O) groups is 2. The van der Waals surface area contributed by atoms with Crippen molar-refractivity contribution in [2.45, 2.75) is 39.7 Å². The second-order valence-electron chi connectivity index (χ2n) is 6.66. The normalized spacial score (nSPS) is 13.2. The van der Waals surface area contributed by atoms with Crippen LogP contribution in [-0.4, -0.2) is 39.9 Å². The van der Waals surface area contributed by atoms with Crippen LogP contribution in [0.2, 0.25) is 0 Å². The SMILES string of the molecule is CCOC(=O)C(C[C@H](C)C(Cn1cncn1)c1ccc(F)cc1F)C(=O)OCC. The Bertz CT molecular complexity index is 796. The van der Waals surface area contributed by atoms with Crippen LogP contribution < -0.4 is 0 Å². The number of halogens is 2. The zero-order chi connectivity index (χ0) is 21.4. The summed E-state index contributed by atoms with van der Waals surface area (Å²) in [6.45, 7) is 5.56. The molecule has 1 unspecified atom stereocenters. The van der Waals surface area contributed by atoms with E-state index in [2.05, 4.69) is 10.1 Å². The second kappa shape index (κ2) is 10.6. The van der Waals surface area contributed by atoms with E-state index in [0.717, 1.165) is 6.07 Å². The summed E-state index contributed by atoms with van der Waals surface area (Å²) < 4.78 is 39.5. The molecule has 1 aromatic carbocycles. The van der Waals surface area contributed by atoms with Gasteiger partial charge in [0.1, 0.15) is 24.3 Å². The Morgan fingerprint density at radius 2 is 1.79 bits per heavy atom. The van der Waals surface area contributed by atoms with E-state index in [1.165, 1.54) is 29.5 Å². The first-order chi connectivity index (χ1) is 13.9. The van der Waals surface area contributed by atoms with E-state index in [-0.39, 0.29) is 37.7 Å². The first-order valence-corrected chi connectivity index (χ1v) is 9.47. The second-order valence-corrected chi connectivity index (χ2v) is 6.66. The van der Waals surface area contributed by atoms with Gasteiger partial charge >= 0.3 is 11.9 Å². The van der Waals surface area contributed by atoms with E-state index < -0.39 is 35.4 Å². The van der Waals surface area contributed by atoms with Gasteiger partial charge in [0, 0.05) is 18.5 Å². The molecule has 0 saturated heterocycles. The smallest absolute Gasteiger partial charge is 0.320 e. The molecule has 158 valence electrons. The molecule has 0 N–H and O–H groups in total. The van der Waals surface area contributed by atoms with Crippen LogP contribution in [0.5, 0.6) is 0 Å². The molecule has 0 bridgehead atoms. The summed E-state index contributed by atoms with van der Waals surface area (Å²) in [5, 5.41) is 4.05. The van der Waals surface area contributed by atoms with Crippen LogP contribution >= 0.6 is 0 Å². The number of esters is 2. The molecule has 9 heteroatoms. The third-order valence-corrected chi connectivity index (χ3v) is 4.65. The lowest BCUT2D eigenvalue weighted by Gasteiger charge is -2.27. The molecule has 2 rings (SSSR count). The molecule has 2 atom stereocenters. The Labute approximate surface area is 168 Å². The van der Waals surface area contributed by atoms with Gasteiger partial charge in [-0.1, -0.05) is 13.0 Å². The highest BCUT2D eigenvalue weighted by molar-refractivity contribution is 5.94. The highest BCUT2D eigenvalue weighted by Gasteiger charge is 2.34. The zero-order valence-electron chi connectivity index (χ0n) is 16.7. The Balaban J connectivity index is 2.32. The van der Waals surface area contributed by atoms with Crippen molar-refractivity contribution in [1.29, 1.82) is 0 Å². The van der Waals surface area contributed by atoms with Gasteiger partial charge in [0.2, 0.25) is 0 Å². The van der Waals surface area contributed by atoms with Crippen LogP contribution in [-0.2, 0) is 25.6 Å². The molecule has 1 heterocycles. The van der Waals surface area contributed by atoms with E-state index in [4.69, 9.17) is 9.47 Å². The molecule has 29 heavy (non-hydrogen) atoms. The van der Waals surface area contributed by atoms with Crippen molar-refractivity contribution in [1.82, 2.24) is 14.8 Å². The van der Waals surface area contributed by atoms with Crippen LogP contribution in [0.25, 0.3) is 0 Å². The molecule has 0 aliphatic carbocycles. The van der Waals surface area contributed by atoms with Crippen molar-refractivity contribution in [2.75, 3.05) is 13.2 Å². The Hall–Kier alpha value is -2.84. The van der Waals surface area contributed by atoms with E-state index in [1.54, 1.807) is 20.8 Å². The molecule has 0 saturated carbocycles. The number of hydrogen-bond acceptors (Lipinski definition) is 6. The molecule has 0 aliphatic rings. The predicted octanol–water partition coefficient (Wildman–Crippen LogP) is 3.11. The molecular weight excluding hydrogens is 384 g/mol. The maximum atomic E-state index is 14.5. The van der Waals surface area contributed by atoms with Crippen molar-refractivity contribution < 1.29 is 27.8 Å². The lowest BCUT2D eigenvalue weighted by molar-refractivity contribution is -0.162. The van der Waals surface area contributed by atoms with Crippen molar-refractivity contribution in [3.63, 3.8) is 0 Å². The van der Waals surface area contributed by atoms with Crippen LogP contribution in [0.4, 0.5) is 8.78 Å². The number of carbonyl (C=O) groups excluding carboxylic acids is 2. The van der Waals surface area contributed by atoms with Crippen LogP contribution in [0, 0.1) is 23.5 Å². The molecule has 7 nitrogen and oxygen atoms in total. The maximum absolute atomic E-state index is 14.5. The number of ether oxygens (including phenoxy) is 2. The van der Waals surface area contributed by atoms with Crippen molar-refractivity contribution in [3.05, 3.63) is 48.1 Å². The molecule has 1 aromatic heterocycles. The molecule has 0 radical (unpaired) electrons. The third kappa shape index (κ3) is 6.07. The fraction of sp³-hybridized carbons (Fsp3) is 0.500. The minimum Gasteiger partial charge on any atom is -0.465 e. The number of aromatic nitrogens is 3. The minimum atomic E-state index is -1.13. The first kappa shape index (κ1) is 22.4. The number of hydrogen-bond donors (Lipinski definition) is 0. The van der Waals surface area contributed by atoms with Crippen LogP contribution in [0.3, 0.4) is 0 Å². The lowest BCUT2D eigenvalue weighted by Crippen LogP contribution is -2.31. The highest BCUT2D eigenvalue weighted by atomic mass is 19.1. The number of rotatable bonds is 10. The molecule has 0 aliphatic heterocycles. The van der Waals surface area contributed by atoms with Gasteiger partial charge < -0.3 is 9.47 Å². The molecule has 0 fully saturated rings. The minimum absolute atomic E-state index is 0.0772. The van der Waals surface area contributed by atoms with Gasteiger partial charge in [0.05, 0.1) is 13.2 Å². The van der Waals surface area contributed by atoms with Crippen LogP contribution in [0.15, 0.2) is 30.9 Å². The Morgan fingerprint density at radius 1 is 1.14 bits per heavy atom. The fourth-order valence-corrected chi connectivity index (χ4v) is 3.23. The highest BCUT2D eigenvalue weighted by Crippen LogP contribution is 2.33. The Morgan fingerprint density at radius 3 is 2.31 bits per heavy atom. The van der Waals surface area contributed by atoms with Crippen LogP contribution in [0.1, 0.15) is 38.7 Å². The molecular formula is C20H25F2N3O4. The average Bonchev–Trinajstić information content (AvgIpc) is 3.18. The predicted molar refractivity (Wildman–Crippen MR) is 99.7 cm³/mol. The van der Waals surface area contributed by atoms with Gasteiger partial charge in [-0.25, -0.2) is 13.8 Å². The van der Waals surface area contributed by atoms with Crippen molar-refractivity contribution >= 4 is 11.9 Å². The van der Waals surface area contributed by atoms with E-state index in [0.29, 0.717) is 0 Å². The summed E-state index contributed by atoms with van der Waals surface area (Å²) >= 11 is 0. The van der Waals surface area contributed by atoms with E-state index in [9.17, 15) is 18.4 Å². The third-order valence-electron chi connectivity index (χ3n) is 4.65. The molecule has 0 spiro atoms. The standard InChI is InChI=1S/C20H25F2N3O4/c1-4-28-19(26)16(20(27)29-5-2)8-13(3)17(10-25-12-23-11-24-25)15-7-6-14(21)9-18(15)22/h6-7,9,11-13,16-17H,4-5,8,10H2,1-3H3/t13-,17?/m0/s1. The Kier molecular flexibility index (Phi) is 8.23. The summed E-state index contributed by atoms with van der Waals surface area (Å²) in [7, 11) is 0. The number of nitrogens with zero attached hydrogens (tertiary/aromatic N) is 3. The number of benzene rings is 1. The van der Waals surface area contributed by atoms with Gasteiger partial charge in [-0.15, -0.1) is 0 Å². The quantitative estimate of drug-likeness (QED) is 0.443. The van der Waals surface area contributed by atoms with E-state index in [1.807, 2.05) is 0 Å². The maximum Gasteiger partial charge on any atom is 0.320 e. The van der Waals surface area contributed by atoms with Gasteiger partial charge in [-0.3, -0.25) is 14.3 Å². The monoisotopic (exact) mass is 409 g/mol.